The summed E-state index contributed by atoms with van der Waals surface area (Å²) in [5.74, 6) is 0.175. The lowest BCUT2D eigenvalue weighted by molar-refractivity contribution is -0.0938. The average Bonchev–Trinajstić information content (AvgIpc) is 3.32. The van der Waals surface area contributed by atoms with E-state index in [2.05, 4.69) is 11.7 Å². The van der Waals surface area contributed by atoms with Crippen LogP contribution in [0.3, 0.4) is 0 Å². The Labute approximate surface area is 193 Å². The predicted molar refractivity (Wildman–Crippen MR) is 123 cm³/mol. The van der Waals surface area contributed by atoms with Crippen molar-refractivity contribution in [3.05, 3.63) is 96.1 Å². The van der Waals surface area contributed by atoms with Gasteiger partial charge in [-0.25, -0.2) is 9.07 Å². The summed E-state index contributed by atoms with van der Waals surface area (Å²) >= 11 is 0. The number of aromatic nitrogens is 2. The van der Waals surface area contributed by atoms with Gasteiger partial charge in [-0.3, -0.25) is 0 Å². The Morgan fingerprint density at radius 2 is 1.76 bits per heavy atom. The van der Waals surface area contributed by atoms with Crippen molar-refractivity contribution in [2.24, 2.45) is 0 Å². The number of benzene rings is 3. The SMILES string of the molecule is C=C(N1c2ccc(C)cc2[C@@H](Oc2ccc3c(cnn3-c3ccc(F)cc3)c2)[C@@H]1C)C(F)(F)F. The number of ether oxygens (including phenoxy) is 1. The lowest BCUT2D eigenvalue weighted by Crippen LogP contribution is -2.37. The maximum Gasteiger partial charge on any atom is 0.430 e. The molecule has 2 heterocycles. The van der Waals surface area contributed by atoms with Crippen molar-refractivity contribution in [2.45, 2.75) is 32.2 Å². The fourth-order valence-electron chi connectivity index (χ4n) is 4.44. The summed E-state index contributed by atoms with van der Waals surface area (Å²) in [4.78, 5) is 1.20. The van der Waals surface area contributed by atoms with Crippen LogP contribution in [0.15, 0.2) is 79.1 Å². The van der Waals surface area contributed by atoms with Gasteiger partial charge in [0.05, 0.1) is 23.4 Å². The molecule has 8 heteroatoms. The first-order chi connectivity index (χ1) is 16.1. The second kappa shape index (κ2) is 7.90. The summed E-state index contributed by atoms with van der Waals surface area (Å²) in [5, 5.41) is 5.17. The Balaban J connectivity index is 1.49. The second-order valence-electron chi connectivity index (χ2n) is 8.41. The number of halogens is 4. The van der Waals surface area contributed by atoms with Crippen LogP contribution >= 0.6 is 0 Å². The third-order valence-corrected chi connectivity index (χ3v) is 6.09. The molecule has 4 aromatic rings. The summed E-state index contributed by atoms with van der Waals surface area (Å²) in [5.41, 5.74) is 2.62. The summed E-state index contributed by atoms with van der Waals surface area (Å²) in [7, 11) is 0. The Morgan fingerprint density at radius 1 is 1.03 bits per heavy atom. The van der Waals surface area contributed by atoms with Crippen LogP contribution in [0.2, 0.25) is 0 Å². The Kier molecular flexibility index (Phi) is 5.11. The molecule has 0 saturated heterocycles. The van der Waals surface area contributed by atoms with E-state index in [0.29, 0.717) is 22.7 Å². The fourth-order valence-corrected chi connectivity index (χ4v) is 4.44. The standard InChI is InChI=1S/C26H21F4N3O/c1-15-4-10-24-22(12-15)25(16(2)32(24)17(3)26(28,29)30)34-21-9-11-23-18(13-21)14-31-33(23)20-7-5-19(27)6-8-20/h4-14,16,25H,3H2,1-2H3/t16-,25-/m0/s1. The monoisotopic (exact) mass is 467 g/mol. The Morgan fingerprint density at radius 3 is 2.47 bits per heavy atom. The Bertz CT molecular complexity index is 1390. The molecule has 0 spiro atoms. The summed E-state index contributed by atoms with van der Waals surface area (Å²) in [6.45, 7) is 6.89. The Hall–Kier alpha value is -3.81. The number of allylic oxidation sites excluding steroid dienone is 1. The zero-order valence-electron chi connectivity index (χ0n) is 18.5. The van der Waals surface area contributed by atoms with Gasteiger partial charge in [-0.15, -0.1) is 0 Å². The number of alkyl halides is 3. The first-order valence-corrected chi connectivity index (χ1v) is 10.7. The minimum atomic E-state index is -4.56. The van der Waals surface area contributed by atoms with Crippen molar-refractivity contribution in [2.75, 3.05) is 4.90 Å². The molecule has 0 radical (unpaired) electrons. The van der Waals surface area contributed by atoms with Gasteiger partial charge < -0.3 is 9.64 Å². The maximum absolute atomic E-state index is 13.5. The van der Waals surface area contributed by atoms with E-state index in [4.69, 9.17) is 4.74 Å². The maximum atomic E-state index is 13.5. The molecule has 0 saturated carbocycles. The van der Waals surface area contributed by atoms with Crippen molar-refractivity contribution in [3.63, 3.8) is 0 Å². The minimum absolute atomic E-state index is 0.334. The first-order valence-electron chi connectivity index (χ1n) is 10.7. The van der Waals surface area contributed by atoms with Gasteiger partial charge in [-0.05, 0) is 62.4 Å². The summed E-state index contributed by atoms with van der Waals surface area (Å²) in [6.07, 6.45) is -3.52. The molecule has 3 aromatic carbocycles. The summed E-state index contributed by atoms with van der Waals surface area (Å²) in [6, 6.07) is 16.1. The van der Waals surface area contributed by atoms with Gasteiger partial charge in [-0.2, -0.15) is 18.3 Å². The second-order valence-corrected chi connectivity index (χ2v) is 8.41. The molecule has 0 unspecified atom stereocenters. The number of aryl methyl sites for hydroxylation is 1. The zero-order chi connectivity index (χ0) is 24.2. The van der Waals surface area contributed by atoms with E-state index in [9.17, 15) is 17.6 Å². The van der Waals surface area contributed by atoms with Crippen molar-refractivity contribution < 1.29 is 22.3 Å². The summed E-state index contributed by atoms with van der Waals surface area (Å²) < 4.78 is 61.8. The largest absolute Gasteiger partial charge is 0.483 e. The highest BCUT2D eigenvalue weighted by Gasteiger charge is 2.46. The average molecular weight is 467 g/mol. The van der Waals surface area contributed by atoms with Gasteiger partial charge in [0.25, 0.3) is 0 Å². The van der Waals surface area contributed by atoms with Crippen molar-refractivity contribution >= 4 is 16.6 Å². The van der Waals surface area contributed by atoms with E-state index in [1.807, 2.05) is 19.1 Å². The van der Waals surface area contributed by atoms with Crippen molar-refractivity contribution in [3.8, 4) is 11.4 Å². The van der Waals surface area contributed by atoms with E-state index < -0.39 is 24.0 Å². The third-order valence-electron chi connectivity index (χ3n) is 6.09. The van der Waals surface area contributed by atoms with Gasteiger partial charge >= 0.3 is 6.18 Å². The number of hydrogen-bond acceptors (Lipinski definition) is 3. The molecule has 2 atom stereocenters. The van der Waals surface area contributed by atoms with Gasteiger partial charge in [0.2, 0.25) is 0 Å². The molecule has 174 valence electrons. The molecular formula is C26H21F4N3O. The predicted octanol–water partition coefficient (Wildman–Crippen LogP) is 6.88. The van der Waals surface area contributed by atoms with E-state index in [1.54, 1.807) is 54.2 Å². The van der Waals surface area contributed by atoms with Gasteiger partial charge in [0, 0.05) is 16.6 Å². The quantitative estimate of drug-likeness (QED) is 0.307. The van der Waals surface area contributed by atoms with Crippen molar-refractivity contribution in [1.29, 1.82) is 0 Å². The lowest BCUT2D eigenvalue weighted by atomic mass is 10.0. The molecule has 5 rings (SSSR count). The molecule has 1 aliphatic heterocycles. The number of fused-ring (bicyclic) bond motifs is 2. The molecule has 0 bridgehead atoms. The minimum Gasteiger partial charge on any atom is -0.483 e. The topological polar surface area (TPSA) is 30.3 Å². The highest BCUT2D eigenvalue weighted by atomic mass is 19.4. The van der Waals surface area contributed by atoms with Gasteiger partial charge in [0.1, 0.15) is 23.4 Å². The van der Waals surface area contributed by atoms with E-state index >= 15 is 0 Å². The molecule has 34 heavy (non-hydrogen) atoms. The van der Waals surface area contributed by atoms with Crippen molar-refractivity contribution in [1.82, 2.24) is 9.78 Å². The molecular weight excluding hydrogens is 446 g/mol. The molecule has 0 aliphatic carbocycles. The molecule has 1 aliphatic rings. The van der Waals surface area contributed by atoms with E-state index in [1.165, 1.54) is 17.0 Å². The zero-order valence-corrected chi connectivity index (χ0v) is 18.5. The smallest absolute Gasteiger partial charge is 0.430 e. The third kappa shape index (κ3) is 3.69. The van der Waals surface area contributed by atoms with Crippen LogP contribution in [0.5, 0.6) is 5.75 Å². The number of anilines is 1. The van der Waals surface area contributed by atoms with Gasteiger partial charge in [-0.1, -0.05) is 24.3 Å². The van der Waals surface area contributed by atoms with Gasteiger partial charge in [0.15, 0.2) is 0 Å². The van der Waals surface area contributed by atoms with E-state index in [0.717, 1.165) is 16.5 Å². The highest BCUT2D eigenvalue weighted by molar-refractivity contribution is 5.82. The molecule has 0 fully saturated rings. The van der Waals surface area contributed by atoms with E-state index in [-0.39, 0.29) is 5.82 Å². The number of rotatable bonds is 4. The highest BCUT2D eigenvalue weighted by Crippen LogP contribution is 2.47. The molecule has 4 nitrogen and oxygen atoms in total. The van der Waals surface area contributed by atoms with Crippen LogP contribution in [-0.2, 0) is 0 Å². The van der Waals surface area contributed by atoms with Crippen LogP contribution in [-0.4, -0.2) is 22.0 Å². The lowest BCUT2D eigenvalue weighted by Gasteiger charge is -2.30. The van der Waals surface area contributed by atoms with Crippen LogP contribution in [0.1, 0.15) is 24.2 Å². The normalized spacial score (nSPS) is 17.8. The molecule has 0 amide bonds. The number of hydrogen-bond donors (Lipinski definition) is 0. The first kappa shape index (κ1) is 22.0. The van der Waals surface area contributed by atoms with Crippen LogP contribution in [0, 0.1) is 12.7 Å². The van der Waals surface area contributed by atoms with Crippen LogP contribution < -0.4 is 9.64 Å². The van der Waals surface area contributed by atoms with Crippen LogP contribution in [0.25, 0.3) is 16.6 Å². The van der Waals surface area contributed by atoms with Crippen LogP contribution in [0.4, 0.5) is 23.2 Å². The number of nitrogens with zero attached hydrogens (tertiary/aromatic N) is 3. The molecule has 1 aromatic heterocycles. The fraction of sp³-hybridized carbons (Fsp3) is 0.192. The molecule has 0 N–H and O–H groups in total.